The first-order valence-corrected chi connectivity index (χ1v) is 10.6. The Kier molecular flexibility index (Phi) is 6.31. The standard InChI is InChI=1S/C20H32N2O2S/c1-3-7-21-8-4-20(5-9-21)6-10-22(13-18(20)14-23)12-17-11-19(16(2)24)25-15-17/h11,15,18,23H,3-10,12-14H2,1-2H3/t18-/m1/s1. The number of carbonyl (C=O) groups is 1. The van der Waals surface area contributed by atoms with E-state index < -0.39 is 0 Å². The van der Waals surface area contributed by atoms with Crippen LogP contribution >= 0.6 is 11.3 Å². The molecule has 3 rings (SSSR count). The number of carbonyl (C=O) groups excluding carboxylic acids is 1. The molecule has 1 atom stereocenters. The summed E-state index contributed by atoms with van der Waals surface area (Å²) in [5, 5.41) is 12.2. The smallest absolute Gasteiger partial charge is 0.169 e. The molecular weight excluding hydrogens is 332 g/mol. The predicted octanol–water partition coefficient (Wildman–Crippen LogP) is 3.26. The molecule has 0 aliphatic carbocycles. The third-order valence-electron chi connectivity index (χ3n) is 6.29. The topological polar surface area (TPSA) is 43.8 Å². The number of aliphatic hydroxyl groups is 1. The van der Waals surface area contributed by atoms with Gasteiger partial charge in [0, 0.05) is 25.6 Å². The summed E-state index contributed by atoms with van der Waals surface area (Å²) in [7, 11) is 0. The predicted molar refractivity (Wildman–Crippen MR) is 103 cm³/mol. The summed E-state index contributed by atoms with van der Waals surface area (Å²) in [5.41, 5.74) is 1.58. The summed E-state index contributed by atoms with van der Waals surface area (Å²) in [6.45, 7) is 10.8. The maximum absolute atomic E-state index is 11.5. The Morgan fingerprint density at radius 3 is 2.52 bits per heavy atom. The Bertz CT molecular complexity index is 578. The van der Waals surface area contributed by atoms with Crippen molar-refractivity contribution < 1.29 is 9.90 Å². The van der Waals surface area contributed by atoms with Gasteiger partial charge in [0.1, 0.15) is 0 Å². The average molecular weight is 365 g/mol. The molecule has 4 nitrogen and oxygen atoms in total. The molecule has 2 aliphatic rings. The Hall–Kier alpha value is -0.750. The SMILES string of the molecule is CCCN1CCC2(CC1)CCN(Cc1csc(C(C)=O)c1)C[C@@H]2CO. The Morgan fingerprint density at radius 1 is 1.28 bits per heavy atom. The molecule has 2 saturated heterocycles. The van der Waals surface area contributed by atoms with Gasteiger partial charge in [-0.25, -0.2) is 0 Å². The lowest BCUT2D eigenvalue weighted by atomic mass is 9.64. The van der Waals surface area contributed by atoms with Crippen molar-refractivity contribution in [2.75, 3.05) is 39.3 Å². The number of piperidine rings is 2. The van der Waals surface area contributed by atoms with E-state index in [1.54, 1.807) is 18.3 Å². The quantitative estimate of drug-likeness (QED) is 0.787. The first kappa shape index (κ1) is 19.0. The summed E-state index contributed by atoms with van der Waals surface area (Å²) >= 11 is 1.55. The van der Waals surface area contributed by atoms with Gasteiger partial charge in [0.25, 0.3) is 0 Å². The third-order valence-corrected chi connectivity index (χ3v) is 7.37. The molecule has 5 heteroatoms. The molecule has 1 aromatic heterocycles. The second-order valence-electron chi connectivity index (χ2n) is 7.94. The molecule has 140 valence electrons. The summed E-state index contributed by atoms with van der Waals surface area (Å²) in [4.78, 5) is 17.4. The van der Waals surface area contributed by atoms with Gasteiger partial charge in [0.15, 0.2) is 5.78 Å². The van der Waals surface area contributed by atoms with Gasteiger partial charge in [0.05, 0.1) is 4.88 Å². The van der Waals surface area contributed by atoms with E-state index in [0.29, 0.717) is 17.9 Å². The number of likely N-dealkylation sites (tertiary alicyclic amines) is 2. The molecule has 0 unspecified atom stereocenters. The molecule has 1 N–H and O–H groups in total. The van der Waals surface area contributed by atoms with Crippen LogP contribution in [-0.4, -0.2) is 60.0 Å². The molecule has 0 amide bonds. The molecule has 0 radical (unpaired) electrons. The van der Waals surface area contributed by atoms with Gasteiger partial charge in [-0.1, -0.05) is 6.92 Å². The number of hydrogen-bond donors (Lipinski definition) is 1. The molecule has 2 fully saturated rings. The number of Topliss-reactive ketones (excluding diaryl/α,β-unsaturated/α-hetero) is 1. The second kappa shape index (κ2) is 8.30. The van der Waals surface area contributed by atoms with Gasteiger partial charge in [-0.3, -0.25) is 9.69 Å². The van der Waals surface area contributed by atoms with E-state index >= 15 is 0 Å². The third kappa shape index (κ3) is 4.33. The van der Waals surface area contributed by atoms with Crippen molar-refractivity contribution in [3.63, 3.8) is 0 Å². The molecule has 1 aromatic rings. The Morgan fingerprint density at radius 2 is 1.96 bits per heavy atom. The van der Waals surface area contributed by atoms with Crippen LogP contribution in [0.3, 0.4) is 0 Å². The van der Waals surface area contributed by atoms with Crippen molar-refractivity contribution in [3.8, 4) is 0 Å². The summed E-state index contributed by atoms with van der Waals surface area (Å²) in [6.07, 6.45) is 4.90. The highest BCUT2D eigenvalue weighted by atomic mass is 32.1. The van der Waals surface area contributed by atoms with E-state index in [1.807, 2.05) is 6.07 Å². The summed E-state index contributed by atoms with van der Waals surface area (Å²) in [6, 6.07) is 2.04. The van der Waals surface area contributed by atoms with Gasteiger partial charge in [0.2, 0.25) is 0 Å². The van der Waals surface area contributed by atoms with Crippen LogP contribution in [0.1, 0.15) is 54.8 Å². The number of thiophene rings is 1. The zero-order chi connectivity index (χ0) is 17.9. The van der Waals surface area contributed by atoms with Crippen LogP contribution in [0.5, 0.6) is 0 Å². The second-order valence-corrected chi connectivity index (χ2v) is 8.86. The van der Waals surface area contributed by atoms with Crippen molar-refractivity contribution in [1.29, 1.82) is 0 Å². The average Bonchev–Trinajstić information content (AvgIpc) is 3.08. The van der Waals surface area contributed by atoms with E-state index in [4.69, 9.17) is 0 Å². The van der Waals surface area contributed by atoms with Crippen molar-refractivity contribution >= 4 is 17.1 Å². The molecule has 0 bridgehead atoms. The zero-order valence-electron chi connectivity index (χ0n) is 15.7. The molecule has 2 aliphatic heterocycles. The van der Waals surface area contributed by atoms with Crippen LogP contribution in [0.2, 0.25) is 0 Å². The van der Waals surface area contributed by atoms with Crippen molar-refractivity contribution in [2.45, 2.75) is 46.1 Å². The molecule has 3 heterocycles. The van der Waals surface area contributed by atoms with Crippen molar-refractivity contribution in [3.05, 3.63) is 21.9 Å². The fourth-order valence-electron chi connectivity index (χ4n) is 4.67. The zero-order valence-corrected chi connectivity index (χ0v) is 16.5. The maximum atomic E-state index is 11.5. The minimum atomic E-state index is 0.154. The first-order valence-electron chi connectivity index (χ1n) is 9.70. The lowest BCUT2D eigenvalue weighted by Crippen LogP contribution is -2.53. The normalized spacial score (nSPS) is 24.7. The maximum Gasteiger partial charge on any atom is 0.169 e. The highest BCUT2D eigenvalue weighted by Gasteiger charge is 2.44. The highest BCUT2D eigenvalue weighted by molar-refractivity contribution is 7.12. The van der Waals surface area contributed by atoms with Crippen molar-refractivity contribution in [2.24, 2.45) is 11.3 Å². The van der Waals surface area contributed by atoms with Crippen LogP contribution in [-0.2, 0) is 6.54 Å². The first-order chi connectivity index (χ1) is 12.1. The van der Waals surface area contributed by atoms with E-state index in [2.05, 4.69) is 22.1 Å². The van der Waals surface area contributed by atoms with Gasteiger partial charge in [-0.2, -0.15) is 0 Å². The van der Waals surface area contributed by atoms with E-state index in [1.165, 1.54) is 50.9 Å². The van der Waals surface area contributed by atoms with E-state index in [0.717, 1.165) is 24.5 Å². The van der Waals surface area contributed by atoms with Gasteiger partial charge in [-0.15, -0.1) is 11.3 Å². The molecule has 0 saturated carbocycles. The molecule has 0 aromatic carbocycles. The van der Waals surface area contributed by atoms with E-state index in [-0.39, 0.29) is 5.78 Å². The number of ketones is 1. The minimum absolute atomic E-state index is 0.154. The lowest BCUT2D eigenvalue weighted by Gasteiger charge is -2.51. The van der Waals surface area contributed by atoms with Crippen LogP contribution in [0.4, 0.5) is 0 Å². The highest BCUT2D eigenvalue weighted by Crippen LogP contribution is 2.45. The lowest BCUT2D eigenvalue weighted by molar-refractivity contribution is -0.0436. The number of rotatable bonds is 6. The Balaban J connectivity index is 1.59. The fraction of sp³-hybridized carbons (Fsp3) is 0.750. The van der Waals surface area contributed by atoms with Crippen LogP contribution < -0.4 is 0 Å². The van der Waals surface area contributed by atoms with Gasteiger partial charge < -0.3 is 10.0 Å². The van der Waals surface area contributed by atoms with Crippen LogP contribution in [0.25, 0.3) is 0 Å². The molecular formula is C20H32N2O2S. The summed E-state index contributed by atoms with van der Waals surface area (Å²) < 4.78 is 0. The fourth-order valence-corrected chi connectivity index (χ4v) is 5.48. The number of nitrogens with zero attached hydrogens (tertiary/aromatic N) is 2. The Labute approximate surface area is 155 Å². The monoisotopic (exact) mass is 364 g/mol. The van der Waals surface area contributed by atoms with Crippen LogP contribution in [0.15, 0.2) is 11.4 Å². The number of aliphatic hydroxyl groups excluding tert-OH is 1. The van der Waals surface area contributed by atoms with Crippen LogP contribution in [0, 0.1) is 11.3 Å². The minimum Gasteiger partial charge on any atom is -0.396 e. The van der Waals surface area contributed by atoms with E-state index in [9.17, 15) is 9.90 Å². The summed E-state index contributed by atoms with van der Waals surface area (Å²) in [5.74, 6) is 0.539. The van der Waals surface area contributed by atoms with Gasteiger partial charge in [-0.05, 0) is 81.2 Å². The molecule has 25 heavy (non-hydrogen) atoms. The van der Waals surface area contributed by atoms with Crippen molar-refractivity contribution in [1.82, 2.24) is 9.80 Å². The number of hydrogen-bond acceptors (Lipinski definition) is 5. The largest absolute Gasteiger partial charge is 0.396 e. The van der Waals surface area contributed by atoms with Gasteiger partial charge >= 0.3 is 0 Å². The molecule has 1 spiro atoms.